The number of carbonyl (C=O) groups is 2. The van der Waals surface area contributed by atoms with Crippen LogP contribution in [0.5, 0.6) is 0 Å². The highest BCUT2D eigenvalue weighted by Gasteiger charge is 2.35. The number of hydrogen-bond donors (Lipinski definition) is 2. The first kappa shape index (κ1) is 18.6. The second-order valence-electron chi connectivity index (χ2n) is 7.08. The van der Waals surface area contributed by atoms with E-state index in [-0.39, 0.29) is 29.6 Å². The van der Waals surface area contributed by atoms with E-state index in [2.05, 4.69) is 10.6 Å². The van der Waals surface area contributed by atoms with Crippen molar-refractivity contribution in [2.75, 3.05) is 38.5 Å². The fourth-order valence-corrected chi connectivity index (χ4v) is 3.93. The maximum atomic E-state index is 13.7. The molecule has 0 bridgehead atoms. The van der Waals surface area contributed by atoms with Crippen molar-refractivity contribution in [3.05, 3.63) is 30.1 Å². The minimum absolute atomic E-state index is 0.145. The van der Waals surface area contributed by atoms with Crippen LogP contribution >= 0.6 is 0 Å². The van der Waals surface area contributed by atoms with Gasteiger partial charge >= 0.3 is 6.03 Å². The summed E-state index contributed by atoms with van der Waals surface area (Å²) < 4.78 is 13.7. The maximum Gasteiger partial charge on any atom is 0.321 e. The van der Waals surface area contributed by atoms with Gasteiger partial charge in [0.1, 0.15) is 5.82 Å². The van der Waals surface area contributed by atoms with E-state index in [9.17, 15) is 14.0 Å². The Morgan fingerprint density at radius 1 is 1.19 bits per heavy atom. The fraction of sp³-hybridized carbons (Fsp3) is 0.579. The van der Waals surface area contributed by atoms with Gasteiger partial charge in [0, 0.05) is 32.2 Å². The molecule has 2 unspecified atom stereocenters. The van der Waals surface area contributed by atoms with Gasteiger partial charge in [0.15, 0.2) is 0 Å². The number of amides is 3. The van der Waals surface area contributed by atoms with Crippen LogP contribution in [0.2, 0.25) is 0 Å². The number of nitrogens with zero attached hydrogens (tertiary/aromatic N) is 2. The Morgan fingerprint density at radius 3 is 2.73 bits per heavy atom. The standard InChI is InChI=1S/C19H27FN4O2/c1-21-12-15-7-5-11-24(15)18(25)14-6-4-10-23(13-14)19(26)22-17-9-3-2-8-16(17)20/h2-3,8-9,14-15,21H,4-7,10-13H2,1H3,(H,22,26). The molecule has 2 aliphatic heterocycles. The van der Waals surface area contributed by atoms with E-state index in [4.69, 9.17) is 0 Å². The van der Waals surface area contributed by atoms with Crippen molar-refractivity contribution in [1.29, 1.82) is 0 Å². The number of likely N-dealkylation sites (tertiary alicyclic amines) is 2. The average molecular weight is 362 g/mol. The zero-order valence-electron chi connectivity index (χ0n) is 15.2. The average Bonchev–Trinajstić information content (AvgIpc) is 3.11. The Morgan fingerprint density at radius 2 is 1.96 bits per heavy atom. The zero-order chi connectivity index (χ0) is 18.5. The molecule has 0 aliphatic carbocycles. The Kier molecular flexibility index (Phi) is 6.08. The lowest BCUT2D eigenvalue weighted by atomic mass is 9.96. The molecular weight excluding hydrogens is 335 g/mol. The first-order valence-electron chi connectivity index (χ1n) is 9.35. The number of likely N-dealkylation sites (N-methyl/N-ethyl adjacent to an activating group) is 1. The van der Waals surface area contributed by atoms with Crippen molar-refractivity contribution in [3.63, 3.8) is 0 Å². The van der Waals surface area contributed by atoms with Gasteiger partial charge in [-0.1, -0.05) is 12.1 Å². The Bertz CT molecular complexity index is 654. The molecule has 0 radical (unpaired) electrons. The van der Waals surface area contributed by atoms with Crippen LogP contribution in [0, 0.1) is 11.7 Å². The third-order valence-electron chi connectivity index (χ3n) is 5.27. The number of hydrogen-bond acceptors (Lipinski definition) is 3. The molecule has 3 rings (SSSR count). The fourth-order valence-electron chi connectivity index (χ4n) is 3.93. The molecule has 2 atom stereocenters. The quantitative estimate of drug-likeness (QED) is 0.864. The second kappa shape index (κ2) is 8.49. The van der Waals surface area contributed by atoms with Crippen molar-refractivity contribution in [1.82, 2.24) is 15.1 Å². The normalized spacial score (nSPS) is 23.2. The van der Waals surface area contributed by atoms with Gasteiger partial charge in [-0.25, -0.2) is 9.18 Å². The lowest BCUT2D eigenvalue weighted by molar-refractivity contribution is -0.137. The molecule has 6 nitrogen and oxygen atoms in total. The van der Waals surface area contributed by atoms with Crippen LogP contribution in [0.15, 0.2) is 24.3 Å². The topological polar surface area (TPSA) is 64.7 Å². The summed E-state index contributed by atoms with van der Waals surface area (Å²) in [5.41, 5.74) is 0.166. The van der Waals surface area contributed by atoms with Gasteiger partial charge in [0.05, 0.1) is 11.6 Å². The molecule has 2 N–H and O–H groups in total. The first-order chi connectivity index (χ1) is 12.6. The highest BCUT2D eigenvalue weighted by molar-refractivity contribution is 5.90. The van der Waals surface area contributed by atoms with Crippen LogP contribution in [-0.4, -0.2) is 61.0 Å². The lowest BCUT2D eigenvalue weighted by Gasteiger charge is -2.35. The number of benzene rings is 1. The Labute approximate surface area is 153 Å². The van der Waals surface area contributed by atoms with Gasteiger partial charge in [0.25, 0.3) is 0 Å². The third-order valence-corrected chi connectivity index (χ3v) is 5.27. The number of anilines is 1. The molecular formula is C19H27FN4O2. The van der Waals surface area contributed by atoms with Gasteiger partial charge in [-0.05, 0) is 44.9 Å². The Hall–Kier alpha value is -2.15. The predicted octanol–water partition coefficient (Wildman–Crippen LogP) is 2.28. The van der Waals surface area contributed by atoms with Crippen LogP contribution in [0.1, 0.15) is 25.7 Å². The van der Waals surface area contributed by atoms with Crippen molar-refractivity contribution in [2.24, 2.45) is 5.92 Å². The molecule has 2 fully saturated rings. The largest absolute Gasteiger partial charge is 0.338 e. The van der Waals surface area contributed by atoms with E-state index in [1.54, 1.807) is 17.0 Å². The van der Waals surface area contributed by atoms with Crippen molar-refractivity contribution < 1.29 is 14.0 Å². The van der Waals surface area contributed by atoms with Gasteiger partial charge < -0.3 is 20.4 Å². The molecule has 0 spiro atoms. The number of nitrogens with one attached hydrogen (secondary N) is 2. The molecule has 2 aliphatic rings. The maximum absolute atomic E-state index is 13.7. The molecule has 7 heteroatoms. The van der Waals surface area contributed by atoms with Crippen LogP contribution in [0.3, 0.4) is 0 Å². The number of piperidine rings is 1. The van der Waals surface area contributed by atoms with Crippen LogP contribution in [0.25, 0.3) is 0 Å². The van der Waals surface area contributed by atoms with Crippen LogP contribution in [-0.2, 0) is 4.79 Å². The van der Waals surface area contributed by atoms with E-state index in [1.165, 1.54) is 12.1 Å². The molecule has 0 aromatic heterocycles. The van der Waals surface area contributed by atoms with E-state index in [1.807, 2.05) is 11.9 Å². The highest BCUT2D eigenvalue weighted by Crippen LogP contribution is 2.25. The van der Waals surface area contributed by atoms with Gasteiger partial charge in [-0.3, -0.25) is 4.79 Å². The van der Waals surface area contributed by atoms with E-state index in [0.29, 0.717) is 13.1 Å². The lowest BCUT2D eigenvalue weighted by Crippen LogP contribution is -2.50. The summed E-state index contributed by atoms with van der Waals surface area (Å²) in [5.74, 6) is -0.490. The summed E-state index contributed by atoms with van der Waals surface area (Å²) in [6.45, 7) is 2.57. The molecule has 1 aromatic carbocycles. The number of rotatable bonds is 4. The summed E-state index contributed by atoms with van der Waals surface area (Å²) in [7, 11) is 1.90. The zero-order valence-corrected chi connectivity index (χ0v) is 15.2. The first-order valence-corrected chi connectivity index (χ1v) is 9.35. The molecule has 26 heavy (non-hydrogen) atoms. The molecule has 2 saturated heterocycles. The second-order valence-corrected chi connectivity index (χ2v) is 7.08. The molecule has 1 aromatic rings. The van der Waals surface area contributed by atoms with Crippen LogP contribution < -0.4 is 10.6 Å². The molecule has 142 valence electrons. The summed E-state index contributed by atoms with van der Waals surface area (Å²) in [5, 5.41) is 5.77. The number of urea groups is 1. The molecule has 2 heterocycles. The monoisotopic (exact) mass is 362 g/mol. The predicted molar refractivity (Wildman–Crippen MR) is 98.4 cm³/mol. The SMILES string of the molecule is CNCC1CCCN1C(=O)C1CCCN(C(=O)Nc2ccccc2F)C1. The third kappa shape index (κ3) is 4.15. The van der Waals surface area contributed by atoms with Crippen molar-refractivity contribution in [2.45, 2.75) is 31.7 Å². The van der Waals surface area contributed by atoms with E-state index >= 15 is 0 Å². The van der Waals surface area contributed by atoms with Gasteiger partial charge in [0.2, 0.25) is 5.91 Å². The van der Waals surface area contributed by atoms with Crippen LogP contribution in [0.4, 0.5) is 14.9 Å². The summed E-state index contributed by atoms with van der Waals surface area (Å²) >= 11 is 0. The minimum Gasteiger partial charge on any atom is -0.338 e. The Balaban J connectivity index is 1.61. The number of carbonyl (C=O) groups excluding carboxylic acids is 2. The van der Waals surface area contributed by atoms with E-state index in [0.717, 1.165) is 38.8 Å². The summed E-state index contributed by atoms with van der Waals surface area (Å²) in [4.78, 5) is 29.0. The highest BCUT2D eigenvalue weighted by atomic mass is 19.1. The number of para-hydroxylation sites is 1. The van der Waals surface area contributed by atoms with Gasteiger partial charge in [-0.15, -0.1) is 0 Å². The van der Waals surface area contributed by atoms with E-state index < -0.39 is 5.82 Å². The van der Waals surface area contributed by atoms with Crippen molar-refractivity contribution >= 4 is 17.6 Å². The smallest absolute Gasteiger partial charge is 0.321 e. The molecule has 3 amide bonds. The van der Waals surface area contributed by atoms with Crippen molar-refractivity contribution in [3.8, 4) is 0 Å². The summed E-state index contributed by atoms with van der Waals surface area (Å²) in [6, 6.07) is 6.00. The number of halogens is 1. The van der Waals surface area contributed by atoms with Gasteiger partial charge in [-0.2, -0.15) is 0 Å². The minimum atomic E-state index is -0.461. The summed E-state index contributed by atoms with van der Waals surface area (Å²) in [6.07, 6.45) is 3.63. The molecule has 0 saturated carbocycles.